The molecule has 0 saturated carbocycles. The highest BCUT2D eigenvalue weighted by Gasteiger charge is 2.19. The monoisotopic (exact) mass is 333 g/mol. The van der Waals surface area contributed by atoms with Crippen LogP contribution < -0.4 is 5.32 Å². The number of hydrogen-bond donors (Lipinski definition) is 1. The zero-order chi connectivity index (χ0) is 17.4. The second-order valence-corrected chi connectivity index (χ2v) is 7.09. The summed E-state index contributed by atoms with van der Waals surface area (Å²) >= 11 is 0. The minimum Gasteiger partial charge on any atom is -0.348 e. The maximum atomic E-state index is 12.5. The number of nitrogens with zero attached hydrogens (tertiary/aromatic N) is 2. The van der Waals surface area contributed by atoms with Crippen LogP contribution in [0.3, 0.4) is 0 Å². The summed E-state index contributed by atoms with van der Waals surface area (Å²) in [5, 5.41) is 3.02. The summed E-state index contributed by atoms with van der Waals surface area (Å²) in [5.41, 5.74) is 5.06. The summed E-state index contributed by atoms with van der Waals surface area (Å²) in [7, 11) is 0. The fourth-order valence-electron chi connectivity index (χ4n) is 3.58. The first-order valence-electron chi connectivity index (χ1n) is 8.93. The summed E-state index contributed by atoms with van der Waals surface area (Å²) in [5.74, 6) is 1.77. The van der Waals surface area contributed by atoms with Crippen molar-refractivity contribution in [3.63, 3.8) is 0 Å². The Labute approximate surface area is 147 Å². The number of carbonyl (C=O) groups is 1. The smallest absolute Gasteiger partial charge is 0.251 e. The van der Waals surface area contributed by atoms with Crippen molar-refractivity contribution >= 4 is 16.9 Å². The van der Waals surface area contributed by atoms with E-state index in [4.69, 9.17) is 4.98 Å². The first kappa shape index (κ1) is 15.9. The van der Waals surface area contributed by atoms with E-state index in [1.54, 1.807) is 0 Å². The van der Waals surface area contributed by atoms with Gasteiger partial charge in [0.05, 0.1) is 11.0 Å². The molecular weight excluding hydrogens is 310 g/mol. The SMILES string of the molecule is Cc1ccccc1CNC(=O)c1ccc2c(c1)nc1n2CC[C@@H](C)C1. The molecule has 1 aliphatic heterocycles. The number of imidazole rings is 1. The zero-order valence-corrected chi connectivity index (χ0v) is 14.7. The standard InChI is InChI=1S/C21H23N3O/c1-14-9-10-24-19-8-7-16(12-18(19)23-20(24)11-14)21(25)22-13-17-6-4-3-5-15(17)2/h3-8,12,14H,9-11,13H2,1-2H3,(H,22,25)/t14-/m1/s1. The Bertz CT molecular complexity index is 941. The molecule has 0 radical (unpaired) electrons. The van der Waals surface area contributed by atoms with E-state index in [0.29, 0.717) is 18.0 Å². The van der Waals surface area contributed by atoms with Gasteiger partial charge in [-0.3, -0.25) is 4.79 Å². The Hall–Kier alpha value is -2.62. The Morgan fingerprint density at radius 3 is 2.96 bits per heavy atom. The molecule has 128 valence electrons. The number of aryl methyl sites for hydroxylation is 2. The molecule has 0 bridgehead atoms. The minimum atomic E-state index is -0.0514. The van der Waals surface area contributed by atoms with Crippen molar-refractivity contribution in [1.82, 2.24) is 14.9 Å². The molecule has 2 heterocycles. The van der Waals surface area contributed by atoms with Crippen molar-refractivity contribution < 1.29 is 4.79 Å². The van der Waals surface area contributed by atoms with Crippen molar-refractivity contribution in [2.75, 3.05) is 0 Å². The van der Waals surface area contributed by atoms with Crippen LogP contribution in [0.2, 0.25) is 0 Å². The lowest BCUT2D eigenvalue weighted by Crippen LogP contribution is -2.23. The maximum absolute atomic E-state index is 12.5. The molecule has 0 fully saturated rings. The van der Waals surface area contributed by atoms with Crippen molar-refractivity contribution in [3.05, 3.63) is 65.0 Å². The summed E-state index contributed by atoms with van der Waals surface area (Å²) < 4.78 is 2.30. The molecule has 4 heteroatoms. The van der Waals surface area contributed by atoms with Gasteiger partial charge in [0.2, 0.25) is 0 Å². The number of nitrogens with one attached hydrogen (secondary N) is 1. The van der Waals surface area contributed by atoms with E-state index in [-0.39, 0.29) is 5.91 Å². The molecule has 1 aromatic heterocycles. The van der Waals surface area contributed by atoms with Gasteiger partial charge in [0.15, 0.2) is 0 Å². The highest BCUT2D eigenvalue weighted by molar-refractivity contribution is 5.97. The number of amides is 1. The van der Waals surface area contributed by atoms with Crippen molar-refractivity contribution in [1.29, 1.82) is 0 Å². The Morgan fingerprint density at radius 1 is 1.28 bits per heavy atom. The Morgan fingerprint density at radius 2 is 2.12 bits per heavy atom. The van der Waals surface area contributed by atoms with Gasteiger partial charge in [-0.2, -0.15) is 0 Å². The van der Waals surface area contributed by atoms with E-state index in [9.17, 15) is 4.79 Å². The third-order valence-corrected chi connectivity index (χ3v) is 5.17. The molecule has 2 aromatic carbocycles. The lowest BCUT2D eigenvalue weighted by Gasteiger charge is -2.20. The highest BCUT2D eigenvalue weighted by Crippen LogP contribution is 2.25. The van der Waals surface area contributed by atoms with E-state index in [2.05, 4.69) is 29.8 Å². The fourth-order valence-corrected chi connectivity index (χ4v) is 3.58. The Kier molecular flexibility index (Phi) is 4.04. The van der Waals surface area contributed by atoms with Crippen LogP contribution in [0, 0.1) is 12.8 Å². The Balaban J connectivity index is 1.55. The molecule has 1 aliphatic rings. The number of carbonyl (C=O) groups excluding carboxylic acids is 1. The molecule has 0 aliphatic carbocycles. The van der Waals surface area contributed by atoms with Crippen LogP contribution in [0.1, 0.15) is 40.7 Å². The average molecular weight is 333 g/mol. The maximum Gasteiger partial charge on any atom is 0.251 e. The molecule has 1 amide bonds. The quantitative estimate of drug-likeness (QED) is 0.791. The van der Waals surface area contributed by atoms with Crippen LogP contribution >= 0.6 is 0 Å². The molecule has 4 nitrogen and oxygen atoms in total. The average Bonchev–Trinajstić information content (AvgIpc) is 2.97. The van der Waals surface area contributed by atoms with Crippen molar-refractivity contribution in [3.8, 4) is 0 Å². The zero-order valence-electron chi connectivity index (χ0n) is 14.7. The molecular formula is C21H23N3O. The van der Waals surface area contributed by atoms with Crippen LogP contribution in [-0.4, -0.2) is 15.5 Å². The van der Waals surface area contributed by atoms with Gasteiger partial charge >= 0.3 is 0 Å². The van der Waals surface area contributed by atoms with E-state index >= 15 is 0 Å². The van der Waals surface area contributed by atoms with Crippen LogP contribution in [0.25, 0.3) is 11.0 Å². The molecule has 0 saturated heterocycles. The van der Waals surface area contributed by atoms with Gasteiger partial charge in [0.25, 0.3) is 5.91 Å². The van der Waals surface area contributed by atoms with E-state index < -0.39 is 0 Å². The first-order chi connectivity index (χ1) is 12.1. The predicted molar refractivity (Wildman–Crippen MR) is 99.6 cm³/mol. The van der Waals surface area contributed by atoms with Gasteiger partial charge in [-0.15, -0.1) is 0 Å². The van der Waals surface area contributed by atoms with Gasteiger partial charge in [-0.25, -0.2) is 4.98 Å². The minimum absolute atomic E-state index is 0.0514. The number of hydrogen-bond acceptors (Lipinski definition) is 2. The van der Waals surface area contributed by atoms with Crippen LogP contribution in [0.5, 0.6) is 0 Å². The summed E-state index contributed by atoms with van der Waals surface area (Å²) in [6, 6.07) is 14.0. The summed E-state index contributed by atoms with van der Waals surface area (Å²) in [6.45, 7) is 5.89. The molecule has 1 N–H and O–H groups in total. The fraction of sp³-hybridized carbons (Fsp3) is 0.333. The topological polar surface area (TPSA) is 46.9 Å². The molecule has 4 rings (SSSR count). The van der Waals surface area contributed by atoms with E-state index in [1.807, 2.05) is 36.4 Å². The van der Waals surface area contributed by atoms with Gasteiger partial charge in [0.1, 0.15) is 5.82 Å². The molecule has 0 spiro atoms. The lowest BCUT2D eigenvalue weighted by molar-refractivity contribution is 0.0951. The van der Waals surface area contributed by atoms with Crippen LogP contribution in [0.4, 0.5) is 0 Å². The first-order valence-corrected chi connectivity index (χ1v) is 8.93. The number of fused-ring (bicyclic) bond motifs is 3. The number of aromatic nitrogens is 2. The summed E-state index contributed by atoms with van der Waals surface area (Å²) in [4.78, 5) is 17.3. The predicted octanol–water partition coefficient (Wildman–Crippen LogP) is 3.86. The van der Waals surface area contributed by atoms with Crippen LogP contribution in [0.15, 0.2) is 42.5 Å². The molecule has 0 unspecified atom stereocenters. The van der Waals surface area contributed by atoms with E-state index in [1.165, 1.54) is 12.0 Å². The normalized spacial score (nSPS) is 16.6. The second-order valence-electron chi connectivity index (χ2n) is 7.09. The largest absolute Gasteiger partial charge is 0.348 e. The van der Waals surface area contributed by atoms with E-state index in [0.717, 1.165) is 35.4 Å². The van der Waals surface area contributed by atoms with Gasteiger partial charge in [-0.05, 0) is 48.6 Å². The summed E-state index contributed by atoms with van der Waals surface area (Å²) in [6.07, 6.45) is 2.21. The highest BCUT2D eigenvalue weighted by atomic mass is 16.1. The van der Waals surface area contributed by atoms with Crippen molar-refractivity contribution in [2.45, 2.75) is 39.8 Å². The molecule has 3 aromatic rings. The van der Waals surface area contributed by atoms with Gasteiger partial charge < -0.3 is 9.88 Å². The number of rotatable bonds is 3. The molecule has 25 heavy (non-hydrogen) atoms. The number of benzene rings is 2. The van der Waals surface area contributed by atoms with Crippen molar-refractivity contribution in [2.24, 2.45) is 5.92 Å². The van der Waals surface area contributed by atoms with Gasteiger partial charge in [-0.1, -0.05) is 31.2 Å². The third-order valence-electron chi connectivity index (χ3n) is 5.17. The second kappa shape index (κ2) is 6.36. The third kappa shape index (κ3) is 3.04. The van der Waals surface area contributed by atoms with Crippen LogP contribution in [-0.2, 0) is 19.5 Å². The molecule has 1 atom stereocenters. The van der Waals surface area contributed by atoms with Gasteiger partial charge in [0, 0.05) is 25.1 Å². The lowest BCUT2D eigenvalue weighted by atomic mass is 10.0.